The van der Waals surface area contributed by atoms with Gasteiger partial charge in [0, 0.05) is 34.2 Å². The van der Waals surface area contributed by atoms with Crippen LogP contribution in [-0.4, -0.2) is 48.3 Å². The number of thioether (sulfide) groups is 1. The molecule has 2 fully saturated rings. The maximum atomic E-state index is 13.0. The minimum absolute atomic E-state index is 0.00794. The summed E-state index contributed by atoms with van der Waals surface area (Å²) in [5, 5.41) is 8.94. The smallest absolute Gasteiger partial charge is 0.327 e. The first-order valence-corrected chi connectivity index (χ1v) is 17.5. The third-order valence-corrected chi connectivity index (χ3v) is 10.1. The molecule has 1 heterocycles. The molecule has 0 unspecified atom stereocenters. The number of rotatable bonds is 9. The molecule has 13 heteroatoms. The molecule has 0 atom stereocenters. The standard InChI is InChI=1S/C31H44N6O5S2/c1-30(2)18-25(19-31(3,4)37-30)32-27(38)28(39)35-34-22-13-15-23(16-14-22)36-44(41,42)26-12-8-11-24(17-26)33-29(40)43-20-21-9-6-5-7-10-21/h8,11-17,21,25,34,36-37H,5-7,9-10,18-20H2,1-4H3,(H,32,38)(H,33,40)(H,35,39). The van der Waals surface area contributed by atoms with Gasteiger partial charge in [0.25, 0.3) is 15.3 Å². The van der Waals surface area contributed by atoms with E-state index in [1.807, 2.05) is 0 Å². The first kappa shape index (κ1) is 33.6. The van der Waals surface area contributed by atoms with Gasteiger partial charge in [0.2, 0.25) is 0 Å². The summed E-state index contributed by atoms with van der Waals surface area (Å²) < 4.78 is 28.6. The summed E-state index contributed by atoms with van der Waals surface area (Å²) in [6, 6.07) is 12.1. The van der Waals surface area contributed by atoms with Crippen molar-refractivity contribution in [2.45, 2.75) is 94.7 Å². The van der Waals surface area contributed by atoms with E-state index >= 15 is 0 Å². The highest BCUT2D eigenvalue weighted by atomic mass is 32.2. The first-order valence-electron chi connectivity index (χ1n) is 15.0. The lowest BCUT2D eigenvalue weighted by atomic mass is 9.79. The van der Waals surface area contributed by atoms with E-state index in [2.05, 4.69) is 59.2 Å². The Labute approximate surface area is 264 Å². The lowest BCUT2D eigenvalue weighted by molar-refractivity contribution is -0.139. The molecule has 1 aliphatic heterocycles. The van der Waals surface area contributed by atoms with Crippen molar-refractivity contribution in [3.63, 3.8) is 0 Å². The van der Waals surface area contributed by atoms with Gasteiger partial charge >= 0.3 is 11.8 Å². The van der Waals surface area contributed by atoms with Crippen LogP contribution >= 0.6 is 11.8 Å². The van der Waals surface area contributed by atoms with Crippen LogP contribution < -0.4 is 31.5 Å². The Bertz CT molecular complexity index is 1420. The molecule has 4 rings (SSSR count). The van der Waals surface area contributed by atoms with Gasteiger partial charge in [-0.15, -0.1) is 0 Å². The third-order valence-electron chi connectivity index (χ3n) is 7.75. The van der Waals surface area contributed by atoms with Crippen LogP contribution in [0, 0.1) is 5.92 Å². The van der Waals surface area contributed by atoms with Crippen molar-refractivity contribution in [3.05, 3.63) is 48.5 Å². The predicted molar refractivity (Wildman–Crippen MR) is 176 cm³/mol. The van der Waals surface area contributed by atoms with E-state index < -0.39 is 21.8 Å². The Kier molecular flexibility index (Phi) is 10.9. The maximum absolute atomic E-state index is 13.0. The van der Waals surface area contributed by atoms with Crippen LogP contribution in [0.2, 0.25) is 0 Å². The Morgan fingerprint density at radius 3 is 2.16 bits per heavy atom. The average molecular weight is 645 g/mol. The van der Waals surface area contributed by atoms with Gasteiger partial charge in [-0.25, -0.2) is 8.42 Å². The van der Waals surface area contributed by atoms with Gasteiger partial charge in [0.1, 0.15) is 0 Å². The second-order valence-corrected chi connectivity index (χ2v) is 15.7. The highest BCUT2D eigenvalue weighted by Gasteiger charge is 2.38. The van der Waals surface area contributed by atoms with Crippen molar-refractivity contribution in [2.24, 2.45) is 5.92 Å². The van der Waals surface area contributed by atoms with Crippen LogP contribution in [0.5, 0.6) is 0 Å². The van der Waals surface area contributed by atoms with E-state index in [9.17, 15) is 22.8 Å². The molecule has 1 aliphatic carbocycles. The second-order valence-electron chi connectivity index (χ2n) is 13.0. The summed E-state index contributed by atoms with van der Waals surface area (Å²) in [5.41, 5.74) is 5.86. The predicted octanol–water partition coefficient (Wildman–Crippen LogP) is 5.20. The number of hydrazine groups is 1. The quantitative estimate of drug-likeness (QED) is 0.161. The van der Waals surface area contributed by atoms with Gasteiger partial charge in [-0.2, -0.15) is 0 Å². The number of nitrogens with one attached hydrogen (secondary N) is 6. The number of anilines is 3. The molecule has 2 aromatic rings. The number of hydrogen-bond acceptors (Lipinski definition) is 8. The SMILES string of the molecule is CC1(C)CC(NC(=O)C(=O)NNc2ccc(NS(=O)(=O)c3cccc(NC(=O)SCC4CCCCC4)c3)cc2)CC(C)(C)N1. The van der Waals surface area contributed by atoms with Crippen LogP contribution in [0.3, 0.4) is 0 Å². The number of hydrogen-bond donors (Lipinski definition) is 6. The number of sulfonamides is 1. The Morgan fingerprint density at radius 2 is 1.50 bits per heavy atom. The molecule has 44 heavy (non-hydrogen) atoms. The Morgan fingerprint density at radius 1 is 0.864 bits per heavy atom. The van der Waals surface area contributed by atoms with E-state index in [0.29, 0.717) is 35.8 Å². The number of piperidine rings is 1. The van der Waals surface area contributed by atoms with Crippen LogP contribution in [-0.2, 0) is 19.6 Å². The molecular formula is C31H44N6O5S2. The fourth-order valence-electron chi connectivity index (χ4n) is 6.14. The lowest BCUT2D eigenvalue weighted by Crippen LogP contribution is -2.63. The monoisotopic (exact) mass is 644 g/mol. The molecule has 3 amide bonds. The molecule has 240 valence electrons. The van der Waals surface area contributed by atoms with Crippen LogP contribution in [0.1, 0.15) is 72.6 Å². The van der Waals surface area contributed by atoms with Crippen molar-refractivity contribution in [1.29, 1.82) is 0 Å². The van der Waals surface area contributed by atoms with E-state index in [1.54, 1.807) is 24.3 Å². The molecule has 11 nitrogen and oxygen atoms in total. The highest BCUT2D eigenvalue weighted by Crippen LogP contribution is 2.29. The molecule has 0 radical (unpaired) electrons. The summed E-state index contributed by atoms with van der Waals surface area (Å²) in [7, 11) is -3.94. The average Bonchev–Trinajstić information content (AvgIpc) is 2.94. The maximum Gasteiger partial charge on any atom is 0.327 e. The minimum Gasteiger partial charge on any atom is -0.345 e. The van der Waals surface area contributed by atoms with Crippen LogP contribution in [0.25, 0.3) is 0 Å². The zero-order valence-corrected chi connectivity index (χ0v) is 27.4. The zero-order valence-electron chi connectivity index (χ0n) is 25.8. The van der Waals surface area contributed by atoms with E-state index in [4.69, 9.17) is 0 Å². The Balaban J connectivity index is 1.25. The largest absolute Gasteiger partial charge is 0.345 e. The number of carbonyl (C=O) groups excluding carboxylic acids is 3. The molecule has 2 aromatic carbocycles. The molecule has 2 aliphatic rings. The van der Waals surface area contributed by atoms with Gasteiger partial charge in [0.05, 0.1) is 10.6 Å². The fourth-order valence-corrected chi connectivity index (χ4v) is 8.15. The molecule has 0 bridgehead atoms. The summed E-state index contributed by atoms with van der Waals surface area (Å²) >= 11 is 1.24. The molecule has 6 N–H and O–H groups in total. The van der Waals surface area contributed by atoms with E-state index in [0.717, 1.165) is 18.6 Å². The van der Waals surface area contributed by atoms with Gasteiger partial charge in [-0.3, -0.25) is 30.0 Å². The van der Waals surface area contributed by atoms with Gasteiger partial charge in [0.15, 0.2) is 0 Å². The molecule has 1 saturated heterocycles. The van der Waals surface area contributed by atoms with Gasteiger partial charge in [-0.1, -0.05) is 37.1 Å². The molecule has 0 aromatic heterocycles. The molecule has 0 spiro atoms. The van der Waals surface area contributed by atoms with Crippen molar-refractivity contribution < 1.29 is 22.8 Å². The highest BCUT2D eigenvalue weighted by molar-refractivity contribution is 8.13. The minimum atomic E-state index is -3.94. The first-order chi connectivity index (χ1) is 20.7. The number of carbonyl (C=O) groups is 3. The van der Waals surface area contributed by atoms with Crippen LogP contribution in [0.4, 0.5) is 21.9 Å². The summed E-state index contributed by atoms with van der Waals surface area (Å²) in [5.74, 6) is -0.245. The van der Waals surface area contributed by atoms with Crippen molar-refractivity contribution in [2.75, 3.05) is 21.2 Å². The lowest BCUT2D eigenvalue weighted by Gasteiger charge is -2.46. The zero-order chi connectivity index (χ0) is 32.0. The second kappa shape index (κ2) is 14.2. The van der Waals surface area contributed by atoms with Crippen molar-refractivity contribution in [1.82, 2.24) is 16.1 Å². The van der Waals surface area contributed by atoms with E-state index in [1.165, 1.54) is 55.3 Å². The third kappa shape index (κ3) is 10.1. The van der Waals surface area contributed by atoms with Crippen molar-refractivity contribution >= 4 is 55.9 Å². The van der Waals surface area contributed by atoms with Crippen molar-refractivity contribution in [3.8, 4) is 0 Å². The number of benzene rings is 2. The fraction of sp³-hybridized carbons (Fsp3) is 0.516. The summed E-state index contributed by atoms with van der Waals surface area (Å²) in [4.78, 5) is 37.3. The van der Waals surface area contributed by atoms with Gasteiger partial charge in [-0.05, 0) is 102 Å². The molecular weight excluding hydrogens is 601 g/mol. The van der Waals surface area contributed by atoms with E-state index in [-0.39, 0.29) is 27.3 Å². The van der Waals surface area contributed by atoms with Gasteiger partial charge < -0.3 is 16.0 Å². The number of amides is 3. The normalized spacial score (nSPS) is 18.5. The Hall–Kier alpha value is -3.29. The topological polar surface area (TPSA) is 158 Å². The summed E-state index contributed by atoms with van der Waals surface area (Å²) in [6.45, 7) is 8.25. The molecule has 1 saturated carbocycles. The van der Waals surface area contributed by atoms with Crippen LogP contribution in [0.15, 0.2) is 53.4 Å². The summed E-state index contributed by atoms with van der Waals surface area (Å²) in [6.07, 6.45) is 7.38.